The minimum Gasteiger partial charge on any atom is -0.487 e. The molecule has 1 N–H and O–H groups in total. The van der Waals surface area contributed by atoms with Gasteiger partial charge in [-0.2, -0.15) is 0 Å². The number of hydrogen-bond donors (Lipinski definition) is 1. The number of nitrogens with one attached hydrogen (secondary N) is 1. The standard InChI is InChI=1S/C17H19N3O2/c1-13-11-20(15-7-2-3-8-16(15)22-13)12-17(21)19-10-14-6-4-5-9-18-14/h2-9,13H,10-12H2,1H3,(H,19,21)/t13-/m0/s1. The highest BCUT2D eigenvalue weighted by Gasteiger charge is 2.23. The van der Waals surface area contributed by atoms with Crippen LogP contribution in [-0.4, -0.2) is 30.1 Å². The fraction of sp³-hybridized carbons (Fsp3) is 0.294. The average Bonchev–Trinajstić information content (AvgIpc) is 2.54. The van der Waals surface area contributed by atoms with E-state index in [4.69, 9.17) is 4.74 Å². The normalized spacial score (nSPS) is 16.6. The molecule has 22 heavy (non-hydrogen) atoms. The summed E-state index contributed by atoms with van der Waals surface area (Å²) in [6.45, 7) is 3.47. The Bertz CT molecular complexity index is 645. The van der Waals surface area contributed by atoms with Crippen LogP contribution in [0.1, 0.15) is 12.6 Å². The molecule has 0 bridgehead atoms. The molecule has 5 nitrogen and oxygen atoms in total. The van der Waals surface area contributed by atoms with Crippen molar-refractivity contribution in [1.82, 2.24) is 10.3 Å². The Morgan fingerprint density at radius 3 is 2.95 bits per heavy atom. The summed E-state index contributed by atoms with van der Waals surface area (Å²) in [6.07, 6.45) is 1.79. The van der Waals surface area contributed by atoms with Gasteiger partial charge in [-0.05, 0) is 31.2 Å². The maximum atomic E-state index is 12.2. The molecule has 3 rings (SSSR count). The van der Waals surface area contributed by atoms with Gasteiger partial charge in [0.05, 0.1) is 31.0 Å². The van der Waals surface area contributed by atoms with Gasteiger partial charge in [-0.15, -0.1) is 0 Å². The van der Waals surface area contributed by atoms with Crippen LogP contribution in [0, 0.1) is 0 Å². The molecule has 0 saturated heterocycles. The van der Waals surface area contributed by atoms with Crippen LogP contribution >= 0.6 is 0 Å². The SMILES string of the molecule is C[C@H]1CN(CC(=O)NCc2ccccn2)c2ccccc2O1. The van der Waals surface area contributed by atoms with Crippen molar-refractivity contribution in [3.8, 4) is 5.75 Å². The van der Waals surface area contributed by atoms with Crippen molar-refractivity contribution < 1.29 is 9.53 Å². The van der Waals surface area contributed by atoms with Crippen molar-refractivity contribution in [3.63, 3.8) is 0 Å². The monoisotopic (exact) mass is 297 g/mol. The number of benzene rings is 1. The number of pyridine rings is 1. The number of rotatable bonds is 4. The first kappa shape index (κ1) is 14.4. The summed E-state index contributed by atoms with van der Waals surface area (Å²) in [5.41, 5.74) is 1.82. The number of ether oxygens (including phenoxy) is 1. The van der Waals surface area contributed by atoms with Gasteiger partial charge in [0.2, 0.25) is 5.91 Å². The van der Waals surface area contributed by atoms with Crippen LogP contribution in [0.2, 0.25) is 0 Å². The van der Waals surface area contributed by atoms with Crippen molar-refractivity contribution in [2.75, 3.05) is 18.0 Å². The smallest absolute Gasteiger partial charge is 0.239 e. The molecule has 1 aromatic carbocycles. The minimum absolute atomic E-state index is 0.0189. The Balaban J connectivity index is 1.62. The van der Waals surface area contributed by atoms with E-state index in [0.29, 0.717) is 19.6 Å². The lowest BCUT2D eigenvalue weighted by atomic mass is 10.2. The second kappa shape index (κ2) is 6.47. The molecule has 1 atom stereocenters. The highest BCUT2D eigenvalue weighted by molar-refractivity contribution is 5.82. The van der Waals surface area contributed by atoms with Crippen molar-refractivity contribution in [2.45, 2.75) is 19.6 Å². The van der Waals surface area contributed by atoms with Gasteiger partial charge in [0.1, 0.15) is 11.9 Å². The lowest BCUT2D eigenvalue weighted by Gasteiger charge is -2.34. The van der Waals surface area contributed by atoms with Crippen LogP contribution < -0.4 is 15.0 Å². The number of aromatic nitrogens is 1. The summed E-state index contributed by atoms with van der Waals surface area (Å²) >= 11 is 0. The van der Waals surface area contributed by atoms with E-state index in [9.17, 15) is 4.79 Å². The Hall–Kier alpha value is -2.56. The molecule has 0 spiro atoms. The summed E-state index contributed by atoms with van der Waals surface area (Å²) < 4.78 is 5.79. The van der Waals surface area contributed by atoms with E-state index < -0.39 is 0 Å². The molecule has 2 aromatic rings. The summed E-state index contributed by atoms with van der Waals surface area (Å²) in [6, 6.07) is 13.5. The van der Waals surface area contributed by atoms with E-state index >= 15 is 0 Å². The van der Waals surface area contributed by atoms with E-state index in [1.807, 2.05) is 49.4 Å². The molecular formula is C17H19N3O2. The van der Waals surface area contributed by atoms with Gasteiger partial charge in [-0.3, -0.25) is 9.78 Å². The maximum absolute atomic E-state index is 12.2. The highest BCUT2D eigenvalue weighted by Crippen LogP contribution is 2.32. The number of para-hydroxylation sites is 2. The van der Waals surface area contributed by atoms with Crippen molar-refractivity contribution in [1.29, 1.82) is 0 Å². The fourth-order valence-corrected chi connectivity index (χ4v) is 2.55. The van der Waals surface area contributed by atoms with Gasteiger partial charge in [0.25, 0.3) is 0 Å². The molecular weight excluding hydrogens is 278 g/mol. The van der Waals surface area contributed by atoms with E-state index in [0.717, 1.165) is 17.1 Å². The lowest BCUT2D eigenvalue weighted by molar-refractivity contribution is -0.120. The van der Waals surface area contributed by atoms with Crippen LogP contribution in [0.3, 0.4) is 0 Å². The molecule has 0 saturated carbocycles. The summed E-state index contributed by atoms with van der Waals surface area (Å²) in [4.78, 5) is 18.4. The molecule has 0 fully saturated rings. The van der Waals surface area contributed by atoms with Crippen molar-refractivity contribution in [2.24, 2.45) is 0 Å². The first-order chi connectivity index (χ1) is 10.7. The second-order valence-corrected chi connectivity index (χ2v) is 5.37. The van der Waals surface area contributed by atoms with Crippen molar-refractivity contribution in [3.05, 3.63) is 54.4 Å². The molecule has 1 aliphatic rings. The Labute approximate surface area is 129 Å². The summed E-state index contributed by atoms with van der Waals surface area (Å²) in [5.74, 6) is 0.813. The molecule has 2 heterocycles. The van der Waals surface area contributed by atoms with E-state index in [1.54, 1.807) is 6.20 Å². The molecule has 114 valence electrons. The lowest BCUT2D eigenvalue weighted by Crippen LogP contribution is -2.44. The molecule has 5 heteroatoms. The zero-order valence-electron chi connectivity index (χ0n) is 12.5. The quantitative estimate of drug-likeness (QED) is 0.937. The second-order valence-electron chi connectivity index (χ2n) is 5.37. The minimum atomic E-state index is -0.0189. The molecule has 1 aliphatic heterocycles. The maximum Gasteiger partial charge on any atom is 0.239 e. The third-order valence-corrected chi connectivity index (χ3v) is 3.54. The van der Waals surface area contributed by atoms with Crippen LogP contribution in [0.15, 0.2) is 48.7 Å². The summed E-state index contributed by atoms with van der Waals surface area (Å²) in [7, 11) is 0. The van der Waals surface area contributed by atoms with E-state index in [2.05, 4.69) is 15.2 Å². The number of hydrogen-bond acceptors (Lipinski definition) is 4. The van der Waals surface area contributed by atoms with Crippen LogP contribution in [0.4, 0.5) is 5.69 Å². The molecule has 0 radical (unpaired) electrons. The predicted octanol–water partition coefficient (Wildman–Crippen LogP) is 1.99. The van der Waals surface area contributed by atoms with Gasteiger partial charge in [0.15, 0.2) is 0 Å². The molecule has 1 amide bonds. The topological polar surface area (TPSA) is 54.5 Å². The molecule has 1 aromatic heterocycles. The zero-order valence-corrected chi connectivity index (χ0v) is 12.5. The number of nitrogens with zero attached hydrogens (tertiary/aromatic N) is 2. The van der Waals surface area contributed by atoms with Crippen LogP contribution in [0.5, 0.6) is 5.75 Å². The van der Waals surface area contributed by atoms with Gasteiger partial charge in [-0.25, -0.2) is 0 Å². The van der Waals surface area contributed by atoms with Gasteiger partial charge in [-0.1, -0.05) is 18.2 Å². The largest absolute Gasteiger partial charge is 0.487 e. The fourth-order valence-electron chi connectivity index (χ4n) is 2.55. The number of amides is 1. The van der Waals surface area contributed by atoms with Gasteiger partial charge < -0.3 is 15.0 Å². The average molecular weight is 297 g/mol. The number of carbonyl (C=O) groups excluding carboxylic acids is 1. The van der Waals surface area contributed by atoms with Crippen LogP contribution in [0.25, 0.3) is 0 Å². The van der Waals surface area contributed by atoms with E-state index in [-0.39, 0.29) is 12.0 Å². The Morgan fingerprint density at radius 2 is 2.14 bits per heavy atom. The third kappa shape index (κ3) is 3.36. The Kier molecular flexibility index (Phi) is 4.23. The molecule has 0 unspecified atom stereocenters. The first-order valence-corrected chi connectivity index (χ1v) is 7.39. The van der Waals surface area contributed by atoms with Gasteiger partial charge in [0, 0.05) is 6.20 Å². The van der Waals surface area contributed by atoms with Crippen molar-refractivity contribution >= 4 is 11.6 Å². The highest BCUT2D eigenvalue weighted by atomic mass is 16.5. The number of carbonyl (C=O) groups is 1. The van der Waals surface area contributed by atoms with E-state index in [1.165, 1.54) is 0 Å². The Morgan fingerprint density at radius 1 is 1.32 bits per heavy atom. The zero-order chi connectivity index (χ0) is 15.4. The summed E-state index contributed by atoms with van der Waals surface area (Å²) in [5, 5.41) is 2.91. The van der Waals surface area contributed by atoms with Gasteiger partial charge >= 0.3 is 0 Å². The van der Waals surface area contributed by atoms with Crippen LogP contribution in [-0.2, 0) is 11.3 Å². The first-order valence-electron chi connectivity index (χ1n) is 7.39. The molecule has 0 aliphatic carbocycles. The predicted molar refractivity (Wildman–Crippen MR) is 84.8 cm³/mol. The number of anilines is 1. The number of fused-ring (bicyclic) bond motifs is 1. The third-order valence-electron chi connectivity index (χ3n) is 3.54.